The van der Waals surface area contributed by atoms with E-state index < -0.39 is 18.2 Å². The third-order valence-electron chi connectivity index (χ3n) is 11.6. The highest BCUT2D eigenvalue weighted by Crippen LogP contribution is 2.54. The van der Waals surface area contributed by atoms with Crippen LogP contribution in [0.2, 0.25) is 0 Å². The lowest BCUT2D eigenvalue weighted by atomic mass is 9.98. The van der Waals surface area contributed by atoms with Crippen LogP contribution < -0.4 is 5.32 Å². The largest absolute Gasteiger partial charge is 0.465 e. The molecule has 9 rings (SSSR count). The number of fused-ring (bicyclic) bond motifs is 3. The summed E-state index contributed by atoms with van der Waals surface area (Å²) in [4.78, 5) is 57.3. The molecule has 5 aromatic rings. The van der Waals surface area contributed by atoms with Crippen molar-refractivity contribution in [3.8, 4) is 33.6 Å². The number of aromatic amines is 2. The Morgan fingerprint density at radius 3 is 1.87 bits per heavy atom. The van der Waals surface area contributed by atoms with Gasteiger partial charge >= 0.3 is 12.2 Å². The molecule has 0 radical (unpaired) electrons. The first kappa shape index (κ1) is 32.3. The highest BCUT2D eigenvalue weighted by atomic mass is 16.5. The zero-order valence-electron chi connectivity index (χ0n) is 29.2. The number of piperidine rings is 2. The van der Waals surface area contributed by atoms with E-state index in [0.717, 1.165) is 75.9 Å². The summed E-state index contributed by atoms with van der Waals surface area (Å²) in [5.74, 6) is 2.21. The van der Waals surface area contributed by atoms with E-state index in [9.17, 15) is 19.5 Å². The summed E-state index contributed by atoms with van der Waals surface area (Å²) >= 11 is 0. The molecule has 3 aromatic carbocycles. The predicted molar refractivity (Wildman–Crippen MR) is 194 cm³/mol. The van der Waals surface area contributed by atoms with Gasteiger partial charge in [0, 0.05) is 17.6 Å². The van der Waals surface area contributed by atoms with Gasteiger partial charge in [0.2, 0.25) is 5.91 Å². The van der Waals surface area contributed by atoms with Gasteiger partial charge < -0.3 is 30.0 Å². The normalized spacial score (nSPS) is 24.8. The predicted octanol–water partition coefficient (Wildman–Crippen LogP) is 7.14. The van der Waals surface area contributed by atoms with Crippen LogP contribution >= 0.6 is 0 Å². The molecule has 4 heterocycles. The molecule has 0 spiro atoms. The van der Waals surface area contributed by atoms with Crippen molar-refractivity contribution < 1.29 is 24.2 Å². The van der Waals surface area contributed by atoms with Gasteiger partial charge in [-0.2, -0.15) is 0 Å². The maximum atomic E-state index is 13.8. The van der Waals surface area contributed by atoms with E-state index >= 15 is 0 Å². The third-order valence-corrected chi connectivity index (χ3v) is 11.6. The molecule has 4 aliphatic rings. The van der Waals surface area contributed by atoms with Gasteiger partial charge in [0.1, 0.15) is 17.7 Å². The molecule has 2 saturated heterocycles. The fraction of sp³-hybridized carbons (Fsp3) is 0.375. The van der Waals surface area contributed by atoms with Crippen LogP contribution in [0.3, 0.4) is 0 Å². The minimum Gasteiger partial charge on any atom is -0.465 e. The molecule has 2 aromatic heterocycles. The number of hydrogen-bond acceptors (Lipinski definition) is 6. The molecular weight excluding hydrogens is 658 g/mol. The number of likely N-dealkylation sites (tertiary alicyclic amines) is 2. The zero-order valence-corrected chi connectivity index (χ0v) is 29.2. The molecule has 52 heavy (non-hydrogen) atoms. The van der Waals surface area contributed by atoms with Crippen LogP contribution in [0.25, 0.3) is 44.4 Å². The second kappa shape index (κ2) is 12.2. The second-order valence-corrected chi connectivity index (χ2v) is 15.1. The number of aromatic nitrogens is 4. The SMILES string of the molecule is COC(=O)NC(C(=O)N1[C@@H]2C[C@@H]2C[C@H]1c1ncc(-c2ccc3cc(-c4ccc(-c5cnc(C6CC7CC7N6C(=O)O)[nH]5)cc4)ccc3c2)[nH]1)C(C)C. The molecule has 12 nitrogen and oxygen atoms in total. The maximum Gasteiger partial charge on any atom is 0.408 e. The molecule has 12 heteroatoms. The number of carboxylic acid groups (broad SMARTS) is 1. The molecule has 4 fully saturated rings. The van der Waals surface area contributed by atoms with E-state index in [4.69, 9.17) is 9.72 Å². The minimum absolute atomic E-state index is 0.0907. The Bertz CT molecular complexity index is 2210. The number of carbonyl (C=O) groups excluding carboxylic acids is 2. The van der Waals surface area contributed by atoms with Crippen molar-refractivity contribution in [2.75, 3.05) is 7.11 Å². The first-order valence-electron chi connectivity index (χ1n) is 18.1. The lowest BCUT2D eigenvalue weighted by Crippen LogP contribution is -2.52. The summed E-state index contributed by atoms with van der Waals surface area (Å²) in [6.45, 7) is 3.85. The summed E-state index contributed by atoms with van der Waals surface area (Å²) in [6.07, 6.45) is 5.78. The third kappa shape index (κ3) is 5.57. The van der Waals surface area contributed by atoms with Crippen LogP contribution in [0.4, 0.5) is 9.59 Å². The minimum atomic E-state index is -0.871. The van der Waals surface area contributed by atoms with Gasteiger partial charge in [-0.25, -0.2) is 19.6 Å². The van der Waals surface area contributed by atoms with Crippen molar-refractivity contribution in [3.63, 3.8) is 0 Å². The lowest BCUT2D eigenvalue weighted by Gasteiger charge is -2.31. The Morgan fingerprint density at radius 2 is 1.27 bits per heavy atom. The van der Waals surface area contributed by atoms with Crippen LogP contribution in [-0.2, 0) is 9.53 Å². The molecular formula is C40H41N7O5. The molecule has 4 N–H and O–H groups in total. The van der Waals surface area contributed by atoms with Crippen molar-refractivity contribution >= 4 is 28.9 Å². The maximum absolute atomic E-state index is 13.8. The molecule has 7 atom stereocenters. The average Bonchev–Trinajstić information content (AvgIpc) is 3.74. The number of amides is 3. The number of rotatable bonds is 8. The number of alkyl carbamates (subject to hydrolysis) is 1. The Kier molecular flexibility index (Phi) is 7.60. The second-order valence-electron chi connectivity index (χ2n) is 15.1. The number of H-pyrrole nitrogens is 2. The fourth-order valence-electron chi connectivity index (χ4n) is 8.59. The summed E-state index contributed by atoms with van der Waals surface area (Å²) in [6, 6.07) is 20.4. The standard InChI is InChI=1S/C40H41N7O5/c1-20(2)35(45-39(49)52-3)38(48)46-31-14-27(31)16-33(46)36-42-19-30(44-36)26-11-10-24-12-23(8-9-25(24)13-26)21-4-6-22(7-5-21)29-18-41-37(43-29)34-17-28-15-32(28)47(34)40(50)51/h4-13,18-20,27-28,31-35H,14-17H2,1-3H3,(H,41,43)(H,42,44)(H,45,49)(H,50,51)/t27-,28?,31-,32?,33+,34?,35?/m1/s1. The van der Waals surface area contributed by atoms with Gasteiger partial charge in [-0.15, -0.1) is 0 Å². The molecule has 3 amide bonds. The van der Waals surface area contributed by atoms with Crippen molar-refractivity contribution in [2.45, 2.75) is 69.7 Å². The van der Waals surface area contributed by atoms with Gasteiger partial charge in [0.25, 0.3) is 0 Å². The van der Waals surface area contributed by atoms with Crippen molar-refractivity contribution in [1.29, 1.82) is 0 Å². The van der Waals surface area contributed by atoms with Gasteiger partial charge in [-0.3, -0.25) is 9.69 Å². The van der Waals surface area contributed by atoms with Gasteiger partial charge in [0.15, 0.2) is 0 Å². The van der Waals surface area contributed by atoms with Crippen LogP contribution in [0.1, 0.15) is 63.3 Å². The summed E-state index contributed by atoms with van der Waals surface area (Å²) in [5, 5.41) is 14.7. The first-order valence-corrected chi connectivity index (χ1v) is 18.1. The number of benzene rings is 3. The van der Waals surface area contributed by atoms with E-state index in [1.165, 1.54) is 7.11 Å². The number of nitrogens with one attached hydrogen (secondary N) is 3. The van der Waals surface area contributed by atoms with Crippen molar-refractivity contribution in [1.82, 2.24) is 35.1 Å². The Hall–Kier alpha value is -5.65. The Balaban J connectivity index is 0.901. The lowest BCUT2D eigenvalue weighted by molar-refractivity contribution is -0.136. The Morgan fingerprint density at radius 1 is 0.750 bits per heavy atom. The van der Waals surface area contributed by atoms with E-state index in [0.29, 0.717) is 17.7 Å². The highest BCUT2D eigenvalue weighted by Gasteiger charge is 2.57. The molecule has 0 bridgehead atoms. The summed E-state index contributed by atoms with van der Waals surface area (Å²) < 4.78 is 4.79. The highest BCUT2D eigenvalue weighted by molar-refractivity contribution is 5.91. The van der Waals surface area contributed by atoms with Gasteiger partial charge in [-0.1, -0.05) is 62.4 Å². The number of ether oxygens (including phenoxy) is 1. The molecule has 2 saturated carbocycles. The topological polar surface area (TPSA) is 157 Å². The van der Waals surface area contributed by atoms with Gasteiger partial charge in [-0.05, 0) is 83.0 Å². The number of imidazole rings is 2. The quantitative estimate of drug-likeness (QED) is 0.134. The van der Waals surface area contributed by atoms with Crippen LogP contribution in [0.5, 0.6) is 0 Å². The summed E-state index contributed by atoms with van der Waals surface area (Å²) in [5.41, 5.74) is 5.97. The number of methoxy groups -OCH3 is 1. The number of hydrogen-bond donors (Lipinski definition) is 4. The fourth-order valence-corrected chi connectivity index (χ4v) is 8.59. The monoisotopic (exact) mass is 699 g/mol. The smallest absolute Gasteiger partial charge is 0.408 e. The zero-order chi connectivity index (χ0) is 35.8. The number of carbonyl (C=O) groups is 3. The van der Waals surface area contributed by atoms with E-state index in [1.807, 2.05) is 24.9 Å². The molecule has 266 valence electrons. The number of nitrogens with zero attached hydrogens (tertiary/aromatic N) is 4. The van der Waals surface area contributed by atoms with Crippen LogP contribution in [0.15, 0.2) is 73.1 Å². The molecule has 2 aliphatic carbocycles. The Labute approximate surface area is 300 Å². The first-order chi connectivity index (χ1) is 25.2. The average molecular weight is 700 g/mol. The van der Waals surface area contributed by atoms with Gasteiger partial charge in [0.05, 0.1) is 43.0 Å². The van der Waals surface area contributed by atoms with Crippen molar-refractivity contribution in [2.24, 2.45) is 17.8 Å². The van der Waals surface area contributed by atoms with Crippen LogP contribution in [-0.4, -0.2) is 78.2 Å². The van der Waals surface area contributed by atoms with E-state index in [1.54, 1.807) is 11.1 Å². The molecule has 4 unspecified atom stereocenters. The molecule has 2 aliphatic heterocycles. The van der Waals surface area contributed by atoms with Crippen molar-refractivity contribution in [3.05, 3.63) is 84.7 Å². The summed E-state index contributed by atoms with van der Waals surface area (Å²) in [7, 11) is 1.30. The van der Waals surface area contributed by atoms with E-state index in [-0.39, 0.29) is 36.0 Å². The van der Waals surface area contributed by atoms with E-state index in [2.05, 4.69) is 80.9 Å². The van der Waals surface area contributed by atoms with Crippen LogP contribution in [0, 0.1) is 17.8 Å².